The Morgan fingerprint density at radius 2 is 2.10 bits per heavy atom. The number of nitrogens with zero attached hydrogens (tertiary/aromatic N) is 1. The molecule has 0 aromatic heterocycles. The van der Waals surface area contributed by atoms with Gasteiger partial charge in [0.05, 0.1) is 23.9 Å². The second kappa shape index (κ2) is 5.31. The molecule has 0 radical (unpaired) electrons. The van der Waals surface area contributed by atoms with Crippen LogP contribution in [-0.4, -0.2) is 22.9 Å². The number of fused-ring (bicyclic) bond motifs is 2. The lowest BCUT2D eigenvalue weighted by atomic mass is 9.61. The fourth-order valence-electron chi connectivity index (χ4n) is 4.96. The van der Waals surface area contributed by atoms with Crippen LogP contribution in [0.5, 0.6) is 0 Å². The van der Waals surface area contributed by atoms with Crippen molar-refractivity contribution in [3.8, 4) is 6.07 Å². The highest BCUT2D eigenvalue weighted by Gasteiger charge is 2.63. The molecule has 3 nitrogen and oxygen atoms in total. The number of nitriles is 1. The lowest BCUT2D eigenvalue weighted by Crippen LogP contribution is -2.52. The molecule has 0 spiro atoms. The zero-order valence-electron chi connectivity index (χ0n) is 12.6. The quantitative estimate of drug-likeness (QED) is 0.802. The molecular formula is C17H27NO2. The molecule has 112 valence electrons. The molecule has 0 aromatic carbocycles. The summed E-state index contributed by atoms with van der Waals surface area (Å²) >= 11 is 0. The van der Waals surface area contributed by atoms with Crippen LogP contribution < -0.4 is 0 Å². The van der Waals surface area contributed by atoms with E-state index in [1.54, 1.807) is 0 Å². The monoisotopic (exact) mass is 277 g/mol. The summed E-state index contributed by atoms with van der Waals surface area (Å²) in [7, 11) is 0. The highest BCUT2D eigenvalue weighted by Crippen LogP contribution is 2.57. The third-order valence-electron chi connectivity index (χ3n) is 6.10. The number of hydrogen-bond donors (Lipinski definition) is 1. The van der Waals surface area contributed by atoms with Crippen molar-refractivity contribution in [2.45, 2.75) is 88.9 Å². The molecule has 1 saturated carbocycles. The van der Waals surface area contributed by atoms with Gasteiger partial charge in [0.25, 0.3) is 0 Å². The van der Waals surface area contributed by atoms with Crippen LogP contribution in [0.15, 0.2) is 0 Å². The van der Waals surface area contributed by atoms with E-state index in [0.29, 0.717) is 0 Å². The minimum absolute atomic E-state index is 0.0229. The Hall–Kier alpha value is -0.590. The fourth-order valence-corrected chi connectivity index (χ4v) is 4.96. The smallest absolute Gasteiger partial charge is 0.114 e. The normalized spacial score (nSPS) is 48.0. The molecule has 1 aliphatic carbocycles. The van der Waals surface area contributed by atoms with Gasteiger partial charge >= 0.3 is 0 Å². The van der Waals surface area contributed by atoms with E-state index in [1.807, 2.05) is 0 Å². The van der Waals surface area contributed by atoms with Crippen LogP contribution in [0.2, 0.25) is 0 Å². The molecule has 2 bridgehead atoms. The Balaban J connectivity index is 1.79. The van der Waals surface area contributed by atoms with Crippen LogP contribution in [0.1, 0.15) is 71.1 Å². The van der Waals surface area contributed by atoms with Crippen LogP contribution in [0.3, 0.4) is 0 Å². The topological polar surface area (TPSA) is 53.2 Å². The van der Waals surface area contributed by atoms with E-state index < -0.39 is 11.0 Å². The SMILES string of the molecule is CCCC1CCCC(O)(C2(C#N)CC3CCC2O3)CC1. The average Bonchev–Trinajstić information content (AvgIpc) is 3.00. The summed E-state index contributed by atoms with van der Waals surface area (Å²) in [6.45, 7) is 2.23. The lowest BCUT2D eigenvalue weighted by molar-refractivity contribution is -0.0952. The predicted molar refractivity (Wildman–Crippen MR) is 77.0 cm³/mol. The molecule has 2 heterocycles. The highest BCUT2D eigenvalue weighted by molar-refractivity contribution is 5.21. The zero-order valence-corrected chi connectivity index (χ0v) is 12.6. The molecule has 0 amide bonds. The van der Waals surface area contributed by atoms with Crippen molar-refractivity contribution in [1.29, 1.82) is 5.26 Å². The van der Waals surface area contributed by atoms with Gasteiger partial charge in [-0.1, -0.05) is 32.6 Å². The molecule has 20 heavy (non-hydrogen) atoms. The maximum Gasteiger partial charge on any atom is 0.114 e. The number of hydrogen-bond acceptors (Lipinski definition) is 3. The van der Waals surface area contributed by atoms with Gasteiger partial charge in [-0.05, 0) is 44.4 Å². The predicted octanol–water partition coefficient (Wildman–Crippen LogP) is 3.56. The summed E-state index contributed by atoms with van der Waals surface area (Å²) < 4.78 is 5.93. The molecule has 2 aliphatic heterocycles. The van der Waals surface area contributed by atoms with Gasteiger partial charge in [-0.25, -0.2) is 0 Å². The van der Waals surface area contributed by atoms with Crippen molar-refractivity contribution >= 4 is 0 Å². The molecule has 0 aromatic rings. The summed E-state index contributed by atoms with van der Waals surface area (Å²) in [5.74, 6) is 0.740. The molecule has 3 rings (SSSR count). The largest absolute Gasteiger partial charge is 0.388 e. The van der Waals surface area contributed by atoms with Crippen molar-refractivity contribution in [3.05, 3.63) is 0 Å². The van der Waals surface area contributed by atoms with Gasteiger partial charge in [-0.3, -0.25) is 0 Å². The van der Waals surface area contributed by atoms with E-state index in [2.05, 4.69) is 13.0 Å². The standard InChI is InChI=1S/C17H27NO2/c1-2-4-13-5-3-9-17(19,10-8-13)16(12-18)11-14-6-7-15(16)20-14/h13-15,19H,2-11H2,1H3. The molecule has 5 unspecified atom stereocenters. The summed E-state index contributed by atoms with van der Waals surface area (Å²) in [5, 5.41) is 21.1. The van der Waals surface area contributed by atoms with Crippen LogP contribution >= 0.6 is 0 Å². The highest BCUT2D eigenvalue weighted by atomic mass is 16.5. The van der Waals surface area contributed by atoms with Crippen molar-refractivity contribution < 1.29 is 9.84 Å². The molecule has 1 N–H and O–H groups in total. The maximum absolute atomic E-state index is 11.3. The van der Waals surface area contributed by atoms with E-state index in [1.165, 1.54) is 19.3 Å². The number of rotatable bonds is 3. The van der Waals surface area contributed by atoms with Gasteiger partial charge in [0.1, 0.15) is 5.41 Å². The van der Waals surface area contributed by atoms with Gasteiger partial charge in [0.15, 0.2) is 0 Å². The Labute approximate surface area is 122 Å². The van der Waals surface area contributed by atoms with Crippen LogP contribution in [0.25, 0.3) is 0 Å². The van der Waals surface area contributed by atoms with Crippen LogP contribution in [-0.2, 0) is 4.74 Å². The molecule has 3 heteroatoms. The van der Waals surface area contributed by atoms with Crippen LogP contribution in [0.4, 0.5) is 0 Å². The van der Waals surface area contributed by atoms with Crippen molar-refractivity contribution in [3.63, 3.8) is 0 Å². The van der Waals surface area contributed by atoms with Crippen molar-refractivity contribution in [2.24, 2.45) is 11.3 Å². The molecule has 3 aliphatic rings. The Morgan fingerprint density at radius 1 is 1.25 bits per heavy atom. The minimum Gasteiger partial charge on any atom is -0.388 e. The number of ether oxygens (including phenoxy) is 1. The summed E-state index contributed by atoms with van der Waals surface area (Å²) in [6.07, 6.45) is 10.4. The van der Waals surface area contributed by atoms with E-state index in [9.17, 15) is 10.4 Å². The lowest BCUT2D eigenvalue weighted by Gasteiger charge is -2.43. The van der Waals surface area contributed by atoms with E-state index in [0.717, 1.165) is 50.9 Å². The summed E-state index contributed by atoms with van der Waals surface area (Å²) in [5.41, 5.74) is -1.44. The van der Waals surface area contributed by atoms with Gasteiger partial charge in [0.2, 0.25) is 0 Å². The van der Waals surface area contributed by atoms with Gasteiger partial charge in [-0.15, -0.1) is 0 Å². The van der Waals surface area contributed by atoms with Crippen LogP contribution in [0, 0.1) is 22.7 Å². The second-order valence-corrected chi connectivity index (χ2v) is 7.23. The first kappa shape index (κ1) is 14.4. The minimum atomic E-state index is -0.815. The fraction of sp³-hybridized carbons (Fsp3) is 0.941. The van der Waals surface area contributed by atoms with Crippen molar-refractivity contribution in [2.75, 3.05) is 0 Å². The van der Waals surface area contributed by atoms with Crippen molar-refractivity contribution in [1.82, 2.24) is 0 Å². The first-order valence-corrected chi connectivity index (χ1v) is 8.42. The molecular weight excluding hydrogens is 250 g/mol. The first-order chi connectivity index (χ1) is 9.63. The van der Waals surface area contributed by atoms with Gasteiger partial charge in [-0.2, -0.15) is 5.26 Å². The van der Waals surface area contributed by atoms with E-state index in [4.69, 9.17) is 4.74 Å². The molecule has 5 atom stereocenters. The van der Waals surface area contributed by atoms with Gasteiger partial charge < -0.3 is 9.84 Å². The zero-order chi connectivity index (χ0) is 14.2. The number of aliphatic hydroxyl groups is 1. The van der Waals surface area contributed by atoms with Gasteiger partial charge in [0, 0.05) is 0 Å². The second-order valence-electron chi connectivity index (χ2n) is 7.23. The maximum atomic E-state index is 11.3. The Kier molecular flexibility index (Phi) is 3.81. The Bertz CT molecular complexity index is 404. The summed E-state index contributed by atoms with van der Waals surface area (Å²) in [6, 6.07) is 2.52. The van der Waals surface area contributed by atoms with E-state index >= 15 is 0 Å². The average molecular weight is 277 g/mol. The third kappa shape index (κ3) is 2.09. The Morgan fingerprint density at radius 3 is 2.70 bits per heavy atom. The first-order valence-electron chi connectivity index (χ1n) is 8.42. The third-order valence-corrected chi connectivity index (χ3v) is 6.10. The molecule has 3 fully saturated rings. The van der Waals surface area contributed by atoms with E-state index in [-0.39, 0.29) is 12.2 Å². The molecule has 2 saturated heterocycles. The summed E-state index contributed by atoms with van der Waals surface area (Å²) in [4.78, 5) is 0.